The third-order valence-corrected chi connectivity index (χ3v) is 3.79. The summed E-state index contributed by atoms with van der Waals surface area (Å²) in [5, 5.41) is 2.94. The van der Waals surface area contributed by atoms with E-state index in [-0.39, 0.29) is 5.91 Å². The van der Waals surface area contributed by atoms with Crippen molar-refractivity contribution >= 4 is 11.6 Å². The van der Waals surface area contributed by atoms with E-state index in [4.69, 9.17) is 10.5 Å². The molecule has 1 aliphatic carbocycles. The van der Waals surface area contributed by atoms with Gasteiger partial charge in [0.05, 0.1) is 17.8 Å². The van der Waals surface area contributed by atoms with Gasteiger partial charge in [0.1, 0.15) is 5.75 Å². The van der Waals surface area contributed by atoms with Gasteiger partial charge in [-0.3, -0.25) is 4.79 Å². The molecular weight excluding hydrogens is 252 g/mol. The second-order valence-electron chi connectivity index (χ2n) is 5.67. The Kier molecular flexibility index (Phi) is 4.65. The van der Waals surface area contributed by atoms with Crippen LogP contribution in [-0.4, -0.2) is 18.1 Å². The van der Waals surface area contributed by atoms with Crippen LogP contribution in [0.4, 0.5) is 5.69 Å². The van der Waals surface area contributed by atoms with Crippen LogP contribution in [0.1, 0.15) is 44.6 Å². The van der Waals surface area contributed by atoms with Crippen molar-refractivity contribution in [2.24, 2.45) is 5.73 Å². The van der Waals surface area contributed by atoms with Gasteiger partial charge in [-0.1, -0.05) is 25.8 Å². The highest BCUT2D eigenvalue weighted by molar-refractivity contribution is 5.99. The molecule has 0 atom stereocenters. The Morgan fingerprint density at radius 2 is 2.10 bits per heavy atom. The van der Waals surface area contributed by atoms with E-state index >= 15 is 0 Å². The summed E-state index contributed by atoms with van der Waals surface area (Å²) in [6, 6.07) is 5.80. The highest BCUT2D eigenvalue weighted by atomic mass is 16.5. The van der Waals surface area contributed by atoms with Crippen molar-refractivity contribution in [1.29, 1.82) is 0 Å². The van der Waals surface area contributed by atoms with Crippen LogP contribution in [0.3, 0.4) is 0 Å². The minimum absolute atomic E-state index is 0.0970. The van der Waals surface area contributed by atoms with Crippen molar-refractivity contribution in [3.8, 4) is 5.75 Å². The van der Waals surface area contributed by atoms with Crippen molar-refractivity contribution in [3.63, 3.8) is 0 Å². The van der Waals surface area contributed by atoms with E-state index in [1.165, 1.54) is 0 Å². The number of carbonyl (C=O) groups excluding carboxylic acids is 1. The molecular formula is C16H24N2O2. The fourth-order valence-corrected chi connectivity index (χ4v) is 2.54. The average Bonchev–Trinajstić information content (AvgIpc) is 2.87. The molecule has 0 aromatic heterocycles. The van der Waals surface area contributed by atoms with Crippen molar-refractivity contribution < 1.29 is 9.53 Å². The molecule has 110 valence electrons. The summed E-state index contributed by atoms with van der Waals surface area (Å²) in [4.78, 5) is 12.4. The maximum Gasteiger partial charge on any atom is 0.244 e. The number of amides is 1. The van der Waals surface area contributed by atoms with E-state index < -0.39 is 5.54 Å². The lowest BCUT2D eigenvalue weighted by Gasteiger charge is -2.23. The Labute approximate surface area is 120 Å². The Morgan fingerprint density at radius 3 is 2.75 bits per heavy atom. The summed E-state index contributed by atoms with van der Waals surface area (Å²) in [6.07, 6.45) is 4.50. The molecule has 20 heavy (non-hydrogen) atoms. The fraction of sp³-hybridized carbons (Fsp3) is 0.562. The summed E-state index contributed by atoms with van der Waals surface area (Å²) in [5.41, 5.74) is 7.28. The lowest BCUT2D eigenvalue weighted by Crippen LogP contribution is -2.48. The Hall–Kier alpha value is -1.55. The maximum atomic E-state index is 12.4. The van der Waals surface area contributed by atoms with Gasteiger partial charge in [-0.05, 0) is 43.9 Å². The molecule has 0 radical (unpaired) electrons. The number of hydrogen-bond acceptors (Lipinski definition) is 3. The second-order valence-corrected chi connectivity index (χ2v) is 5.67. The van der Waals surface area contributed by atoms with Crippen LogP contribution in [0.25, 0.3) is 0 Å². The SMILES string of the molecule is CCCOc1cc(C)ccc1NC(=O)C1(N)CCCC1. The largest absolute Gasteiger partial charge is 0.491 e. The van der Waals surface area contributed by atoms with E-state index in [0.29, 0.717) is 12.3 Å². The summed E-state index contributed by atoms with van der Waals surface area (Å²) < 4.78 is 5.71. The molecule has 3 N–H and O–H groups in total. The number of hydrogen-bond donors (Lipinski definition) is 2. The quantitative estimate of drug-likeness (QED) is 0.869. The third kappa shape index (κ3) is 3.31. The predicted molar refractivity (Wildman–Crippen MR) is 81.0 cm³/mol. The molecule has 2 rings (SSSR count). The number of benzene rings is 1. The predicted octanol–water partition coefficient (Wildman–Crippen LogP) is 2.99. The number of carbonyl (C=O) groups is 1. The zero-order valence-corrected chi connectivity index (χ0v) is 12.4. The number of nitrogens with two attached hydrogens (primary N) is 1. The number of aryl methyl sites for hydroxylation is 1. The molecule has 1 saturated carbocycles. The van der Waals surface area contributed by atoms with Crippen molar-refractivity contribution in [2.75, 3.05) is 11.9 Å². The van der Waals surface area contributed by atoms with Gasteiger partial charge in [0, 0.05) is 0 Å². The smallest absolute Gasteiger partial charge is 0.244 e. The van der Waals surface area contributed by atoms with Crippen LogP contribution in [0, 0.1) is 6.92 Å². The molecule has 4 heteroatoms. The van der Waals surface area contributed by atoms with Crippen molar-refractivity contribution in [2.45, 2.75) is 51.5 Å². The van der Waals surface area contributed by atoms with Gasteiger partial charge in [-0.2, -0.15) is 0 Å². The summed E-state index contributed by atoms with van der Waals surface area (Å²) in [5.74, 6) is 0.627. The lowest BCUT2D eigenvalue weighted by molar-refractivity contribution is -0.121. The van der Waals surface area contributed by atoms with Crippen LogP contribution in [0.5, 0.6) is 5.75 Å². The second kappa shape index (κ2) is 6.27. The normalized spacial score (nSPS) is 16.9. The molecule has 0 saturated heterocycles. The van der Waals surface area contributed by atoms with E-state index in [1.54, 1.807) is 0 Å². The number of nitrogens with one attached hydrogen (secondary N) is 1. The van der Waals surface area contributed by atoms with E-state index in [9.17, 15) is 4.79 Å². The molecule has 4 nitrogen and oxygen atoms in total. The first-order chi connectivity index (χ1) is 9.55. The van der Waals surface area contributed by atoms with Gasteiger partial charge < -0.3 is 15.8 Å². The van der Waals surface area contributed by atoms with Crippen LogP contribution in [0.2, 0.25) is 0 Å². The molecule has 0 unspecified atom stereocenters. The number of rotatable bonds is 5. The molecule has 1 aliphatic rings. The summed E-state index contributed by atoms with van der Waals surface area (Å²) >= 11 is 0. The standard InChI is InChI=1S/C16H24N2O2/c1-3-10-20-14-11-12(2)6-7-13(14)18-15(19)16(17)8-4-5-9-16/h6-7,11H,3-5,8-10,17H2,1-2H3,(H,18,19). The van der Waals surface area contributed by atoms with Crippen molar-refractivity contribution in [3.05, 3.63) is 23.8 Å². The molecule has 0 heterocycles. The number of anilines is 1. The Balaban J connectivity index is 2.13. The average molecular weight is 276 g/mol. The van der Waals surface area contributed by atoms with Crippen molar-refractivity contribution in [1.82, 2.24) is 0 Å². The van der Waals surface area contributed by atoms with E-state index in [0.717, 1.165) is 43.4 Å². The molecule has 0 bridgehead atoms. The van der Waals surface area contributed by atoms with Gasteiger partial charge in [0.25, 0.3) is 0 Å². The van der Waals surface area contributed by atoms with Gasteiger partial charge in [-0.15, -0.1) is 0 Å². The zero-order chi connectivity index (χ0) is 14.6. The topological polar surface area (TPSA) is 64.3 Å². The molecule has 1 aromatic rings. The first-order valence-corrected chi connectivity index (χ1v) is 7.39. The molecule has 1 amide bonds. The van der Waals surface area contributed by atoms with E-state index in [2.05, 4.69) is 12.2 Å². The molecule has 0 aliphatic heterocycles. The molecule has 1 aromatic carbocycles. The van der Waals surface area contributed by atoms with Gasteiger partial charge in [0.2, 0.25) is 5.91 Å². The molecule has 1 fully saturated rings. The van der Waals surface area contributed by atoms with Crippen LogP contribution in [0.15, 0.2) is 18.2 Å². The summed E-state index contributed by atoms with van der Waals surface area (Å²) in [6.45, 7) is 4.70. The highest BCUT2D eigenvalue weighted by Crippen LogP contribution is 2.31. The Morgan fingerprint density at radius 1 is 1.40 bits per heavy atom. The zero-order valence-electron chi connectivity index (χ0n) is 12.4. The Bertz CT molecular complexity index is 479. The highest BCUT2D eigenvalue weighted by Gasteiger charge is 2.37. The lowest BCUT2D eigenvalue weighted by atomic mass is 9.98. The minimum Gasteiger partial charge on any atom is -0.491 e. The van der Waals surface area contributed by atoms with Gasteiger partial charge >= 0.3 is 0 Å². The number of ether oxygens (including phenoxy) is 1. The molecule has 0 spiro atoms. The van der Waals surface area contributed by atoms with Crippen LogP contribution >= 0.6 is 0 Å². The first kappa shape index (κ1) is 14.9. The van der Waals surface area contributed by atoms with Gasteiger partial charge in [0.15, 0.2) is 0 Å². The van der Waals surface area contributed by atoms with Crippen LogP contribution in [-0.2, 0) is 4.79 Å². The van der Waals surface area contributed by atoms with Crippen LogP contribution < -0.4 is 15.8 Å². The van der Waals surface area contributed by atoms with E-state index in [1.807, 2.05) is 25.1 Å². The van der Waals surface area contributed by atoms with Gasteiger partial charge in [-0.25, -0.2) is 0 Å². The maximum absolute atomic E-state index is 12.4. The first-order valence-electron chi connectivity index (χ1n) is 7.39. The fourth-order valence-electron chi connectivity index (χ4n) is 2.54. The minimum atomic E-state index is -0.715. The third-order valence-electron chi connectivity index (χ3n) is 3.79. The summed E-state index contributed by atoms with van der Waals surface area (Å²) in [7, 11) is 0. The monoisotopic (exact) mass is 276 g/mol.